The number of para-hydroxylation sites is 1. The molecule has 31 heavy (non-hydrogen) atoms. The SMILES string of the molecule is COc1ccccc1C(=O)O[C@@H]1[C@H](Cc2ccccc2)N[S+](=O)([O-])[C@H]2CC3C=C[C@]12O3. The molecule has 2 aromatic rings. The van der Waals surface area contributed by atoms with Crippen LogP contribution in [0.3, 0.4) is 0 Å². The Labute approximate surface area is 181 Å². The number of nitrogens with one attached hydrogen (secondary N) is 1. The fourth-order valence-corrected chi connectivity index (χ4v) is 6.86. The molecule has 3 aliphatic heterocycles. The summed E-state index contributed by atoms with van der Waals surface area (Å²) in [6.07, 6.45) is 3.20. The molecule has 2 unspecified atom stereocenters. The Morgan fingerprint density at radius 2 is 1.97 bits per heavy atom. The molecule has 0 saturated carbocycles. The standard InChI is InChI=1S/C23H23NO6S/c1-28-19-10-6-5-9-17(19)22(25)29-21-18(13-15-7-3-2-4-8-15)24-31(26,27)20-14-16-11-12-23(20,21)30-16/h2-12,16,18,20-21H,13-14H2,1H3,(H-,24,26,27)/t16?,18-,20-,21+,23+/m0/s1. The van der Waals surface area contributed by atoms with Gasteiger partial charge >= 0.3 is 5.97 Å². The zero-order chi connectivity index (χ0) is 21.6. The second-order valence-corrected chi connectivity index (χ2v) is 9.97. The monoisotopic (exact) mass is 441 g/mol. The first kappa shape index (κ1) is 20.4. The maximum atomic E-state index is 13.2. The van der Waals surface area contributed by atoms with Crippen LogP contribution in [0.5, 0.6) is 5.75 Å². The predicted octanol–water partition coefficient (Wildman–Crippen LogP) is 2.45. The Morgan fingerprint density at radius 3 is 2.71 bits per heavy atom. The van der Waals surface area contributed by atoms with Crippen LogP contribution in [0.25, 0.3) is 0 Å². The third kappa shape index (κ3) is 3.40. The van der Waals surface area contributed by atoms with Gasteiger partial charge in [0.2, 0.25) is 0 Å². The molecule has 0 aromatic heterocycles. The Bertz CT molecular complexity index is 1070. The van der Waals surface area contributed by atoms with E-state index in [9.17, 15) is 13.6 Å². The van der Waals surface area contributed by atoms with Gasteiger partial charge in [0.1, 0.15) is 21.7 Å². The number of hydrogen-bond acceptors (Lipinski definition) is 6. The maximum Gasteiger partial charge on any atom is 0.342 e. The minimum absolute atomic E-state index is 0.279. The van der Waals surface area contributed by atoms with E-state index in [1.807, 2.05) is 36.4 Å². The van der Waals surface area contributed by atoms with Crippen LogP contribution in [0, 0.1) is 0 Å². The fourth-order valence-electron chi connectivity index (χ4n) is 4.87. The highest BCUT2D eigenvalue weighted by Gasteiger charge is 2.69. The Morgan fingerprint density at radius 1 is 1.23 bits per heavy atom. The summed E-state index contributed by atoms with van der Waals surface area (Å²) < 4.78 is 46.4. The van der Waals surface area contributed by atoms with Gasteiger partial charge in [0.15, 0.2) is 17.0 Å². The third-order valence-corrected chi connectivity index (χ3v) is 8.18. The lowest BCUT2D eigenvalue weighted by Crippen LogP contribution is -2.70. The van der Waals surface area contributed by atoms with Crippen molar-refractivity contribution >= 4 is 16.4 Å². The molecule has 3 aliphatic rings. The van der Waals surface area contributed by atoms with Crippen molar-refractivity contribution in [1.29, 1.82) is 0 Å². The molecule has 7 nitrogen and oxygen atoms in total. The Balaban J connectivity index is 1.52. The van der Waals surface area contributed by atoms with Gasteiger partial charge in [-0.3, -0.25) is 0 Å². The van der Waals surface area contributed by atoms with Crippen LogP contribution in [0.1, 0.15) is 22.3 Å². The summed E-state index contributed by atoms with van der Waals surface area (Å²) in [4.78, 5) is 13.2. The molecule has 2 saturated heterocycles. The van der Waals surface area contributed by atoms with Gasteiger partial charge < -0.3 is 18.8 Å². The first-order valence-electron chi connectivity index (χ1n) is 10.2. The van der Waals surface area contributed by atoms with Crippen LogP contribution < -0.4 is 9.46 Å². The quantitative estimate of drug-likeness (QED) is 0.435. The Kier molecular flexibility index (Phi) is 4.97. The van der Waals surface area contributed by atoms with Crippen molar-refractivity contribution in [2.45, 2.75) is 41.9 Å². The normalized spacial score (nSPS) is 35.5. The van der Waals surface area contributed by atoms with Crippen LogP contribution in [-0.2, 0) is 30.5 Å². The van der Waals surface area contributed by atoms with Gasteiger partial charge in [-0.1, -0.05) is 52.7 Å². The molecule has 1 N–H and O–H groups in total. The number of ether oxygens (including phenoxy) is 3. The molecular formula is C23H23NO6S. The van der Waals surface area contributed by atoms with Gasteiger partial charge in [0, 0.05) is 6.42 Å². The number of esters is 1. The zero-order valence-electron chi connectivity index (χ0n) is 16.9. The van der Waals surface area contributed by atoms with Gasteiger partial charge in [0.25, 0.3) is 0 Å². The molecule has 162 valence electrons. The fraction of sp³-hybridized carbons (Fsp3) is 0.348. The molecule has 2 bridgehead atoms. The van der Waals surface area contributed by atoms with E-state index in [1.54, 1.807) is 30.3 Å². The summed E-state index contributed by atoms with van der Waals surface area (Å²) in [7, 11) is -2.17. The van der Waals surface area contributed by atoms with Gasteiger partial charge in [-0.25, -0.2) is 4.79 Å². The predicted molar refractivity (Wildman–Crippen MR) is 113 cm³/mol. The van der Waals surface area contributed by atoms with Gasteiger partial charge in [0.05, 0.1) is 19.3 Å². The van der Waals surface area contributed by atoms with E-state index in [-0.39, 0.29) is 11.7 Å². The minimum atomic E-state index is -3.66. The lowest BCUT2D eigenvalue weighted by atomic mass is 9.83. The van der Waals surface area contributed by atoms with Crippen LogP contribution in [0.2, 0.25) is 0 Å². The summed E-state index contributed by atoms with van der Waals surface area (Å²) in [5, 5.41) is -0.808. The maximum absolute atomic E-state index is 13.2. The molecule has 5 rings (SSSR count). The van der Waals surface area contributed by atoms with Crippen LogP contribution in [0.15, 0.2) is 66.7 Å². The minimum Gasteiger partial charge on any atom is -0.597 e. The zero-order valence-corrected chi connectivity index (χ0v) is 17.7. The number of carbonyl (C=O) groups is 1. The number of benzene rings is 2. The van der Waals surface area contributed by atoms with Crippen molar-refractivity contribution in [3.05, 3.63) is 77.9 Å². The van der Waals surface area contributed by atoms with E-state index in [1.165, 1.54) is 7.11 Å². The van der Waals surface area contributed by atoms with Gasteiger partial charge in [-0.15, -0.1) is 4.72 Å². The van der Waals surface area contributed by atoms with Crippen molar-refractivity contribution < 1.29 is 27.8 Å². The lowest BCUT2D eigenvalue weighted by molar-refractivity contribution is -0.0879. The van der Waals surface area contributed by atoms with Crippen molar-refractivity contribution in [2.24, 2.45) is 0 Å². The molecule has 0 radical (unpaired) electrons. The molecular weight excluding hydrogens is 418 g/mol. The third-order valence-electron chi connectivity index (χ3n) is 6.24. The molecule has 1 spiro atoms. The van der Waals surface area contributed by atoms with Crippen molar-refractivity contribution in [3.63, 3.8) is 0 Å². The molecule has 2 fully saturated rings. The topological polar surface area (TPSA) is 96.9 Å². The first-order valence-corrected chi connectivity index (χ1v) is 11.7. The number of sulfonamides is 1. The number of fused-ring (bicyclic) bond motifs is 1. The number of rotatable bonds is 5. The largest absolute Gasteiger partial charge is 0.597 e. The van der Waals surface area contributed by atoms with Gasteiger partial charge in [-0.05, 0) is 30.2 Å². The summed E-state index contributed by atoms with van der Waals surface area (Å²) >= 11 is 0. The van der Waals surface area contributed by atoms with Crippen LogP contribution >= 0.6 is 0 Å². The molecule has 8 heteroatoms. The second-order valence-electron chi connectivity index (χ2n) is 8.08. The van der Waals surface area contributed by atoms with E-state index in [0.717, 1.165) is 5.56 Å². The van der Waals surface area contributed by atoms with Crippen molar-refractivity contribution in [2.75, 3.05) is 7.11 Å². The Hall–Kier alpha value is -2.52. The number of hydrogen-bond donors (Lipinski definition) is 1. The average molecular weight is 442 g/mol. The second kappa shape index (κ2) is 7.56. The van der Waals surface area contributed by atoms with E-state index >= 15 is 0 Å². The van der Waals surface area contributed by atoms with Gasteiger partial charge in [-0.2, -0.15) is 0 Å². The highest BCUT2D eigenvalue weighted by Crippen LogP contribution is 2.50. The smallest absolute Gasteiger partial charge is 0.342 e. The number of methoxy groups -OCH3 is 1. The first-order chi connectivity index (χ1) is 14.9. The van der Waals surface area contributed by atoms with E-state index < -0.39 is 39.4 Å². The highest BCUT2D eigenvalue weighted by atomic mass is 32.3. The molecule has 3 heterocycles. The molecule has 2 aromatic carbocycles. The summed E-state index contributed by atoms with van der Waals surface area (Å²) in [5.74, 6) is -0.188. The van der Waals surface area contributed by atoms with E-state index in [0.29, 0.717) is 18.6 Å². The lowest BCUT2D eigenvalue weighted by Gasteiger charge is -2.46. The van der Waals surface area contributed by atoms with Crippen LogP contribution in [0.4, 0.5) is 0 Å². The summed E-state index contributed by atoms with van der Waals surface area (Å²) in [5.41, 5.74) is 0.00701. The van der Waals surface area contributed by atoms with E-state index in [4.69, 9.17) is 14.2 Å². The molecule has 0 amide bonds. The van der Waals surface area contributed by atoms with Crippen LogP contribution in [-0.4, -0.2) is 46.7 Å². The van der Waals surface area contributed by atoms with Crippen molar-refractivity contribution in [3.8, 4) is 5.75 Å². The number of carbonyl (C=O) groups excluding carboxylic acids is 1. The summed E-state index contributed by atoms with van der Waals surface area (Å²) in [6.45, 7) is 0. The highest BCUT2D eigenvalue weighted by molar-refractivity contribution is 7.96. The summed E-state index contributed by atoms with van der Waals surface area (Å²) in [6, 6.07) is 15.6. The van der Waals surface area contributed by atoms with E-state index in [2.05, 4.69) is 4.72 Å². The molecule has 6 atom stereocenters. The average Bonchev–Trinajstić information content (AvgIpc) is 3.37. The van der Waals surface area contributed by atoms with Crippen molar-refractivity contribution in [1.82, 2.24) is 4.72 Å². The molecule has 0 aliphatic carbocycles.